The number of hydrogen-bond donors (Lipinski definition) is 0. The van der Waals surface area contributed by atoms with E-state index in [1.807, 2.05) is 31.2 Å². The Morgan fingerprint density at radius 2 is 1.74 bits per heavy atom. The molecule has 1 heterocycles. The van der Waals surface area contributed by atoms with Gasteiger partial charge in [-0.05, 0) is 12.5 Å². The van der Waals surface area contributed by atoms with Gasteiger partial charge in [0.05, 0.1) is 6.54 Å². The number of benzene rings is 2. The molecule has 0 aliphatic carbocycles. The van der Waals surface area contributed by atoms with Crippen molar-refractivity contribution in [2.24, 2.45) is 0 Å². The van der Waals surface area contributed by atoms with Crippen LogP contribution in [0.3, 0.4) is 0 Å². The minimum Gasteiger partial charge on any atom is -0.335 e. The van der Waals surface area contributed by atoms with Crippen LogP contribution in [0.2, 0.25) is 0 Å². The minimum absolute atomic E-state index is 0.0478. The number of Topliss-reactive ketones (excluding diaryl/α,β-unsaturated/α-hetero) is 1. The Morgan fingerprint density at radius 1 is 0.963 bits per heavy atom. The van der Waals surface area contributed by atoms with Crippen molar-refractivity contribution in [1.82, 2.24) is 9.80 Å². The lowest BCUT2D eigenvalue weighted by Crippen LogP contribution is -2.51. The van der Waals surface area contributed by atoms with Gasteiger partial charge in [-0.3, -0.25) is 14.4 Å². The topological polar surface area (TPSA) is 57.7 Å². The lowest BCUT2D eigenvalue weighted by molar-refractivity contribution is -0.145. The van der Waals surface area contributed by atoms with Crippen LogP contribution in [0.4, 0.5) is 0 Å². The molecule has 5 heteroatoms. The zero-order valence-corrected chi connectivity index (χ0v) is 15.6. The van der Waals surface area contributed by atoms with Gasteiger partial charge in [0.1, 0.15) is 0 Å². The first-order chi connectivity index (χ1) is 13.0. The van der Waals surface area contributed by atoms with Crippen molar-refractivity contribution in [3.8, 4) is 0 Å². The van der Waals surface area contributed by atoms with Crippen LogP contribution in [-0.4, -0.2) is 47.0 Å². The standard InChI is InChI=1S/C22H24N2O3/c1-17-6-5-7-18(14-17)15-23-12-13-24(16-22(23)27)21(26)11-10-20(25)19-8-3-2-4-9-19/h2-9,14H,10-13,15-16H2,1H3. The van der Waals surface area contributed by atoms with Gasteiger partial charge in [0.2, 0.25) is 11.8 Å². The lowest BCUT2D eigenvalue weighted by atomic mass is 10.1. The largest absolute Gasteiger partial charge is 0.335 e. The smallest absolute Gasteiger partial charge is 0.242 e. The van der Waals surface area contributed by atoms with Gasteiger partial charge in [-0.25, -0.2) is 0 Å². The van der Waals surface area contributed by atoms with Gasteiger partial charge in [-0.15, -0.1) is 0 Å². The number of rotatable bonds is 6. The monoisotopic (exact) mass is 364 g/mol. The molecular formula is C22H24N2O3. The minimum atomic E-state index is -0.136. The number of piperazine rings is 1. The molecule has 0 bridgehead atoms. The Kier molecular flexibility index (Phi) is 6.01. The van der Waals surface area contributed by atoms with E-state index in [2.05, 4.69) is 6.07 Å². The predicted molar refractivity (Wildman–Crippen MR) is 103 cm³/mol. The average molecular weight is 364 g/mol. The normalized spacial score (nSPS) is 14.3. The second-order valence-electron chi connectivity index (χ2n) is 6.91. The molecule has 1 saturated heterocycles. The fourth-order valence-electron chi connectivity index (χ4n) is 3.27. The number of carbonyl (C=O) groups is 3. The molecule has 1 aliphatic rings. The van der Waals surface area contributed by atoms with Crippen molar-refractivity contribution in [2.75, 3.05) is 19.6 Å². The lowest BCUT2D eigenvalue weighted by Gasteiger charge is -2.34. The number of hydrogen-bond acceptors (Lipinski definition) is 3. The van der Waals surface area contributed by atoms with Gasteiger partial charge in [0, 0.05) is 38.0 Å². The highest BCUT2D eigenvalue weighted by Gasteiger charge is 2.27. The third kappa shape index (κ3) is 5.03. The highest BCUT2D eigenvalue weighted by atomic mass is 16.2. The summed E-state index contributed by atoms with van der Waals surface area (Å²) >= 11 is 0. The van der Waals surface area contributed by atoms with Crippen molar-refractivity contribution >= 4 is 17.6 Å². The van der Waals surface area contributed by atoms with Crippen LogP contribution in [0.25, 0.3) is 0 Å². The van der Waals surface area contributed by atoms with Crippen LogP contribution in [-0.2, 0) is 16.1 Å². The highest BCUT2D eigenvalue weighted by molar-refractivity contribution is 5.98. The van der Waals surface area contributed by atoms with Gasteiger partial charge < -0.3 is 9.80 Å². The highest BCUT2D eigenvalue weighted by Crippen LogP contribution is 2.13. The van der Waals surface area contributed by atoms with Crippen LogP contribution < -0.4 is 0 Å². The summed E-state index contributed by atoms with van der Waals surface area (Å²) in [5.41, 5.74) is 2.87. The second kappa shape index (κ2) is 8.62. The van der Waals surface area contributed by atoms with Crippen LogP contribution in [0.1, 0.15) is 34.3 Å². The fourth-order valence-corrected chi connectivity index (χ4v) is 3.27. The first-order valence-corrected chi connectivity index (χ1v) is 9.22. The van der Waals surface area contributed by atoms with Crippen molar-refractivity contribution in [2.45, 2.75) is 26.3 Å². The third-order valence-corrected chi connectivity index (χ3v) is 4.79. The van der Waals surface area contributed by atoms with Crippen molar-refractivity contribution in [1.29, 1.82) is 0 Å². The summed E-state index contributed by atoms with van der Waals surface area (Å²) in [4.78, 5) is 40.3. The molecule has 0 atom stereocenters. The maximum absolute atomic E-state index is 12.4. The third-order valence-electron chi connectivity index (χ3n) is 4.79. The predicted octanol–water partition coefficient (Wildman–Crippen LogP) is 2.83. The van der Waals surface area contributed by atoms with Crippen molar-refractivity contribution in [3.63, 3.8) is 0 Å². The Bertz CT molecular complexity index is 832. The van der Waals surface area contributed by atoms with Gasteiger partial charge in [-0.1, -0.05) is 60.2 Å². The molecule has 2 aromatic carbocycles. The molecule has 0 saturated carbocycles. The van der Waals surface area contributed by atoms with E-state index in [0.29, 0.717) is 25.2 Å². The van der Waals surface area contributed by atoms with Gasteiger partial charge >= 0.3 is 0 Å². The number of carbonyl (C=O) groups excluding carboxylic acids is 3. The molecule has 0 radical (unpaired) electrons. The molecule has 0 aromatic heterocycles. The van der Waals surface area contributed by atoms with E-state index < -0.39 is 0 Å². The van der Waals surface area contributed by atoms with Crippen LogP contribution in [0, 0.1) is 6.92 Å². The summed E-state index contributed by atoms with van der Waals surface area (Å²) in [6.45, 7) is 3.71. The van der Waals surface area contributed by atoms with Crippen LogP contribution >= 0.6 is 0 Å². The van der Waals surface area contributed by atoms with E-state index in [9.17, 15) is 14.4 Å². The van der Waals surface area contributed by atoms with Crippen LogP contribution in [0.5, 0.6) is 0 Å². The zero-order chi connectivity index (χ0) is 19.2. The Balaban J connectivity index is 1.49. The van der Waals surface area contributed by atoms with Crippen LogP contribution in [0.15, 0.2) is 54.6 Å². The fraction of sp³-hybridized carbons (Fsp3) is 0.318. The SMILES string of the molecule is Cc1cccc(CN2CCN(C(=O)CCC(=O)c3ccccc3)CC2=O)c1. The molecule has 2 aromatic rings. The van der Waals surface area contributed by atoms with Gasteiger partial charge in [0.25, 0.3) is 0 Å². The van der Waals surface area contributed by atoms with Gasteiger partial charge in [-0.2, -0.15) is 0 Å². The van der Waals surface area contributed by atoms with E-state index in [-0.39, 0.29) is 37.0 Å². The molecule has 27 heavy (non-hydrogen) atoms. The molecule has 1 aliphatic heterocycles. The summed E-state index contributed by atoms with van der Waals surface area (Å²) in [6, 6.07) is 17.1. The summed E-state index contributed by atoms with van der Waals surface area (Å²) < 4.78 is 0. The molecule has 0 spiro atoms. The van der Waals surface area contributed by atoms with E-state index >= 15 is 0 Å². The summed E-state index contributed by atoms with van der Waals surface area (Å²) in [6.07, 6.45) is 0.305. The van der Waals surface area contributed by atoms with Gasteiger partial charge in [0.15, 0.2) is 5.78 Å². The molecule has 5 nitrogen and oxygen atoms in total. The number of aryl methyl sites for hydroxylation is 1. The summed E-state index contributed by atoms with van der Waals surface area (Å²) in [5, 5.41) is 0. The van der Waals surface area contributed by atoms with E-state index in [4.69, 9.17) is 0 Å². The van der Waals surface area contributed by atoms with E-state index in [0.717, 1.165) is 11.1 Å². The molecule has 0 unspecified atom stereocenters. The molecule has 0 N–H and O–H groups in total. The summed E-state index contributed by atoms with van der Waals surface area (Å²) in [7, 11) is 0. The first kappa shape index (κ1) is 18.8. The van der Waals surface area contributed by atoms with E-state index in [1.165, 1.54) is 0 Å². The number of nitrogens with zero attached hydrogens (tertiary/aromatic N) is 2. The number of ketones is 1. The molecule has 1 fully saturated rings. The van der Waals surface area contributed by atoms with Crippen molar-refractivity contribution < 1.29 is 14.4 Å². The zero-order valence-electron chi connectivity index (χ0n) is 15.6. The van der Waals surface area contributed by atoms with Crippen molar-refractivity contribution in [3.05, 3.63) is 71.3 Å². The Labute approximate surface area is 159 Å². The quantitative estimate of drug-likeness (QED) is 0.741. The summed E-state index contributed by atoms with van der Waals surface area (Å²) in [5.74, 6) is -0.235. The Morgan fingerprint density at radius 3 is 2.44 bits per heavy atom. The average Bonchev–Trinajstić information content (AvgIpc) is 2.68. The molecular weight excluding hydrogens is 340 g/mol. The molecule has 3 rings (SSSR count). The second-order valence-corrected chi connectivity index (χ2v) is 6.91. The maximum Gasteiger partial charge on any atom is 0.242 e. The molecule has 140 valence electrons. The first-order valence-electron chi connectivity index (χ1n) is 9.22. The number of amides is 2. The Hall–Kier alpha value is -2.95. The molecule has 2 amide bonds. The van der Waals surface area contributed by atoms with E-state index in [1.54, 1.807) is 34.1 Å². The maximum atomic E-state index is 12.4.